The number of nitrogens with one attached hydrogen (secondary N) is 1. The first kappa shape index (κ1) is 16.2. The van der Waals surface area contributed by atoms with Crippen LogP contribution in [0.25, 0.3) is 10.9 Å². The molecule has 24 heavy (non-hydrogen) atoms. The molecule has 0 spiro atoms. The molecule has 0 aliphatic rings. The Morgan fingerprint density at radius 2 is 2.00 bits per heavy atom. The summed E-state index contributed by atoms with van der Waals surface area (Å²) in [7, 11) is 0. The van der Waals surface area contributed by atoms with Gasteiger partial charge >= 0.3 is 0 Å². The SMILES string of the molecule is Cc1ccc2cnn(CCCC(=O)NCc3ccc(F)cc3)c2c1. The van der Waals surface area contributed by atoms with Gasteiger partial charge in [0.2, 0.25) is 5.91 Å². The van der Waals surface area contributed by atoms with Crippen LogP contribution in [-0.2, 0) is 17.9 Å². The van der Waals surface area contributed by atoms with E-state index < -0.39 is 0 Å². The number of aryl methyl sites for hydroxylation is 2. The molecule has 124 valence electrons. The summed E-state index contributed by atoms with van der Waals surface area (Å²) in [5, 5.41) is 8.35. The van der Waals surface area contributed by atoms with Gasteiger partial charge in [-0.2, -0.15) is 5.10 Å². The number of halogens is 1. The smallest absolute Gasteiger partial charge is 0.220 e. The zero-order valence-corrected chi connectivity index (χ0v) is 13.6. The first-order chi connectivity index (χ1) is 11.6. The van der Waals surface area contributed by atoms with E-state index in [0.29, 0.717) is 19.5 Å². The molecule has 2 aromatic carbocycles. The molecule has 0 aliphatic carbocycles. The van der Waals surface area contributed by atoms with Crippen LogP contribution in [-0.4, -0.2) is 15.7 Å². The van der Waals surface area contributed by atoms with Crippen LogP contribution in [0, 0.1) is 12.7 Å². The van der Waals surface area contributed by atoms with Crippen LogP contribution in [0.1, 0.15) is 24.0 Å². The highest BCUT2D eigenvalue weighted by atomic mass is 19.1. The van der Waals surface area contributed by atoms with Gasteiger partial charge in [0.05, 0.1) is 11.7 Å². The quantitative estimate of drug-likeness (QED) is 0.753. The minimum absolute atomic E-state index is 0.00744. The Labute approximate surface area is 140 Å². The first-order valence-corrected chi connectivity index (χ1v) is 8.05. The summed E-state index contributed by atoms with van der Waals surface area (Å²) in [5.41, 5.74) is 3.18. The van der Waals surface area contributed by atoms with Crippen LogP contribution >= 0.6 is 0 Å². The van der Waals surface area contributed by atoms with Crippen molar-refractivity contribution in [2.45, 2.75) is 32.9 Å². The number of benzene rings is 2. The van der Waals surface area contributed by atoms with Crippen molar-refractivity contribution in [1.82, 2.24) is 15.1 Å². The van der Waals surface area contributed by atoms with E-state index in [-0.39, 0.29) is 11.7 Å². The van der Waals surface area contributed by atoms with Crippen molar-refractivity contribution < 1.29 is 9.18 Å². The standard InChI is InChI=1S/C19H20FN3O/c1-14-4-7-16-13-22-23(18(16)11-14)10-2-3-19(24)21-12-15-5-8-17(20)9-6-15/h4-9,11,13H,2-3,10,12H2,1H3,(H,21,24). The normalized spacial score (nSPS) is 10.9. The summed E-state index contributed by atoms with van der Waals surface area (Å²) >= 11 is 0. The second-order valence-corrected chi connectivity index (χ2v) is 5.94. The molecule has 0 radical (unpaired) electrons. The van der Waals surface area contributed by atoms with E-state index in [1.165, 1.54) is 17.7 Å². The lowest BCUT2D eigenvalue weighted by molar-refractivity contribution is -0.121. The third-order valence-electron chi connectivity index (χ3n) is 3.98. The molecule has 3 aromatic rings. The number of fused-ring (bicyclic) bond motifs is 1. The highest BCUT2D eigenvalue weighted by Gasteiger charge is 2.05. The van der Waals surface area contributed by atoms with Crippen LogP contribution in [0.5, 0.6) is 0 Å². The van der Waals surface area contributed by atoms with Crippen molar-refractivity contribution in [3.8, 4) is 0 Å². The number of amides is 1. The Kier molecular flexibility index (Phi) is 4.89. The summed E-state index contributed by atoms with van der Waals surface area (Å²) in [6.45, 7) is 3.18. The zero-order valence-electron chi connectivity index (χ0n) is 13.6. The molecule has 0 saturated heterocycles. The van der Waals surface area contributed by atoms with Crippen LogP contribution in [0.15, 0.2) is 48.7 Å². The number of rotatable bonds is 6. The second kappa shape index (κ2) is 7.25. The summed E-state index contributed by atoms with van der Waals surface area (Å²) < 4.78 is 14.8. The molecule has 1 aromatic heterocycles. The van der Waals surface area contributed by atoms with Crippen LogP contribution in [0.4, 0.5) is 4.39 Å². The van der Waals surface area contributed by atoms with E-state index in [4.69, 9.17) is 0 Å². The summed E-state index contributed by atoms with van der Waals surface area (Å²) in [4.78, 5) is 11.9. The van der Waals surface area contributed by atoms with E-state index in [0.717, 1.165) is 22.9 Å². The van der Waals surface area contributed by atoms with Crippen LogP contribution < -0.4 is 5.32 Å². The number of carbonyl (C=O) groups is 1. The molecular formula is C19H20FN3O. The van der Waals surface area contributed by atoms with Gasteiger partial charge in [-0.25, -0.2) is 4.39 Å². The van der Waals surface area contributed by atoms with Crippen molar-refractivity contribution in [1.29, 1.82) is 0 Å². The summed E-state index contributed by atoms with van der Waals surface area (Å²) in [6, 6.07) is 12.4. The van der Waals surface area contributed by atoms with Gasteiger partial charge in [0, 0.05) is 24.9 Å². The molecule has 4 nitrogen and oxygen atoms in total. The summed E-state index contributed by atoms with van der Waals surface area (Å²) in [6.07, 6.45) is 3.01. The van der Waals surface area contributed by atoms with E-state index in [9.17, 15) is 9.18 Å². The molecule has 5 heteroatoms. The third kappa shape index (κ3) is 3.98. The third-order valence-corrected chi connectivity index (χ3v) is 3.98. The topological polar surface area (TPSA) is 46.9 Å². The molecule has 0 atom stereocenters. The predicted octanol–water partition coefficient (Wildman–Crippen LogP) is 3.58. The summed E-state index contributed by atoms with van der Waals surface area (Å²) in [5.74, 6) is -0.279. The molecule has 0 saturated carbocycles. The van der Waals surface area contributed by atoms with Gasteiger partial charge in [-0.05, 0) is 42.7 Å². The van der Waals surface area contributed by atoms with E-state index >= 15 is 0 Å². The van der Waals surface area contributed by atoms with Gasteiger partial charge < -0.3 is 5.32 Å². The predicted molar refractivity (Wildman–Crippen MR) is 92.0 cm³/mol. The van der Waals surface area contributed by atoms with E-state index in [2.05, 4.69) is 35.5 Å². The van der Waals surface area contributed by atoms with Crippen LogP contribution in [0.3, 0.4) is 0 Å². The van der Waals surface area contributed by atoms with Gasteiger partial charge in [0.25, 0.3) is 0 Å². The van der Waals surface area contributed by atoms with Crippen molar-refractivity contribution >= 4 is 16.8 Å². The Bertz CT molecular complexity index is 839. The second-order valence-electron chi connectivity index (χ2n) is 5.94. The molecule has 0 bridgehead atoms. The van der Waals surface area contributed by atoms with Gasteiger partial charge in [-0.3, -0.25) is 9.48 Å². The largest absolute Gasteiger partial charge is 0.352 e. The maximum absolute atomic E-state index is 12.8. The molecule has 1 heterocycles. The molecule has 0 aliphatic heterocycles. The Morgan fingerprint density at radius 1 is 1.21 bits per heavy atom. The van der Waals surface area contributed by atoms with Crippen molar-refractivity contribution in [2.24, 2.45) is 0 Å². The number of hydrogen-bond donors (Lipinski definition) is 1. The fourth-order valence-electron chi connectivity index (χ4n) is 2.64. The Hall–Kier alpha value is -2.69. The van der Waals surface area contributed by atoms with Crippen molar-refractivity contribution in [3.63, 3.8) is 0 Å². The average Bonchev–Trinajstić information content (AvgIpc) is 2.97. The lowest BCUT2D eigenvalue weighted by Gasteiger charge is -2.06. The van der Waals surface area contributed by atoms with Crippen molar-refractivity contribution in [3.05, 3.63) is 65.6 Å². The van der Waals surface area contributed by atoms with E-state index in [1.54, 1.807) is 12.1 Å². The molecular weight excluding hydrogens is 305 g/mol. The Balaban J connectivity index is 1.47. The highest BCUT2D eigenvalue weighted by Crippen LogP contribution is 2.15. The lowest BCUT2D eigenvalue weighted by Crippen LogP contribution is -2.22. The highest BCUT2D eigenvalue weighted by molar-refractivity contribution is 5.79. The fraction of sp³-hybridized carbons (Fsp3) is 0.263. The van der Waals surface area contributed by atoms with E-state index in [1.807, 2.05) is 10.9 Å². The number of nitrogens with zero attached hydrogens (tertiary/aromatic N) is 2. The average molecular weight is 325 g/mol. The Morgan fingerprint density at radius 3 is 2.79 bits per heavy atom. The molecule has 1 amide bonds. The lowest BCUT2D eigenvalue weighted by atomic mass is 10.2. The number of carbonyl (C=O) groups excluding carboxylic acids is 1. The monoisotopic (exact) mass is 325 g/mol. The molecule has 1 N–H and O–H groups in total. The number of hydrogen-bond acceptors (Lipinski definition) is 2. The van der Waals surface area contributed by atoms with Gasteiger partial charge in [0.15, 0.2) is 0 Å². The maximum Gasteiger partial charge on any atom is 0.220 e. The molecule has 3 rings (SSSR count). The molecule has 0 fully saturated rings. The van der Waals surface area contributed by atoms with Crippen molar-refractivity contribution in [2.75, 3.05) is 0 Å². The maximum atomic E-state index is 12.8. The van der Waals surface area contributed by atoms with Gasteiger partial charge in [0.1, 0.15) is 5.82 Å². The minimum atomic E-state index is -0.272. The fourth-order valence-corrected chi connectivity index (χ4v) is 2.64. The van der Waals surface area contributed by atoms with Crippen LogP contribution in [0.2, 0.25) is 0 Å². The number of aromatic nitrogens is 2. The minimum Gasteiger partial charge on any atom is -0.352 e. The van der Waals surface area contributed by atoms with Gasteiger partial charge in [-0.1, -0.05) is 24.3 Å². The zero-order chi connectivity index (χ0) is 16.9. The first-order valence-electron chi connectivity index (χ1n) is 8.05. The molecule has 0 unspecified atom stereocenters. The van der Waals surface area contributed by atoms with Gasteiger partial charge in [-0.15, -0.1) is 0 Å².